The van der Waals surface area contributed by atoms with Gasteiger partial charge in [-0.25, -0.2) is 4.98 Å². The van der Waals surface area contributed by atoms with Crippen LogP contribution in [0.4, 0.5) is 0 Å². The highest BCUT2D eigenvalue weighted by Gasteiger charge is 2.12. The zero-order valence-electron chi connectivity index (χ0n) is 17.2. The van der Waals surface area contributed by atoms with E-state index in [9.17, 15) is 4.79 Å². The quantitative estimate of drug-likeness (QED) is 0.527. The third-order valence-electron chi connectivity index (χ3n) is 4.82. The Kier molecular flexibility index (Phi) is 5.54. The maximum absolute atomic E-state index is 12.0. The third kappa shape index (κ3) is 4.06. The van der Waals surface area contributed by atoms with E-state index in [-0.39, 0.29) is 11.6 Å². The maximum atomic E-state index is 12.0. The fourth-order valence-electron chi connectivity index (χ4n) is 3.21. The Morgan fingerprint density at radius 2 is 1.73 bits per heavy atom. The van der Waals surface area contributed by atoms with Crippen molar-refractivity contribution >= 4 is 0 Å². The molecule has 0 unspecified atom stereocenters. The fraction of sp³-hybridized carbons (Fsp3) is 0.217. The standard InChI is InChI=1S/C23H23N5O2/c1-15(2)28-14-18(8-9-23(28)29)20-12-25-13-21(26-20)22-10-19(27-30-22)17-6-4-16(5-7-17)11-24-3/h4-10,12-15,24H,11H2,1-3H3. The predicted octanol–water partition coefficient (Wildman–Crippen LogP) is 3.93. The van der Waals surface area contributed by atoms with Crippen LogP contribution in [0, 0.1) is 0 Å². The van der Waals surface area contributed by atoms with Crippen molar-refractivity contribution in [2.24, 2.45) is 0 Å². The number of nitrogens with zero attached hydrogens (tertiary/aromatic N) is 4. The second-order valence-corrected chi connectivity index (χ2v) is 7.35. The molecule has 0 saturated carbocycles. The molecular weight excluding hydrogens is 378 g/mol. The zero-order chi connectivity index (χ0) is 21.1. The summed E-state index contributed by atoms with van der Waals surface area (Å²) in [5.41, 5.74) is 4.93. The molecule has 0 atom stereocenters. The Balaban J connectivity index is 1.64. The molecule has 0 radical (unpaired) electrons. The number of benzene rings is 1. The molecule has 0 aliphatic rings. The van der Waals surface area contributed by atoms with Gasteiger partial charge < -0.3 is 14.4 Å². The van der Waals surface area contributed by atoms with Crippen LogP contribution >= 0.6 is 0 Å². The number of nitrogens with one attached hydrogen (secondary N) is 1. The highest BCUT2D eigenvalue weighted by Crippen LogP contribution is 2.26. The van der Waals surface area contributed by atoms with Gasteiger partial charge in [-0.05, 0) is 32.5 Å². The molecule has 7 heteroatoms. The molecule has 152 valence electrons. The van der Waals surface area contributed by atoms with Gasteiger partial charge in [0, 0.05) is 42.0 Å². The van der Waals surface area contributed by atoms with Gasteiger partial charge in [0.2, 0.25) is 0 Å². The first-order chi connectivity index (χ1) is 14.5. The molecule has 0 bridgehead atoms. The lowest BCUT2D eigenvalue weighted by atomic mass is 10.1. The lowest BCUT2D eigenvalue weighted by Crippen LogP contribution is -2.20. The Bertz CT molecular complexity index is 1210. The van der Waals surface area contributed by atoms with Crippen LogP contribution in [0.3, 0.4) is 0 Å². The molecule has 0 aliphatic heterocycles. The monoisotopic (exact) mass is 401 g/mol. The maximum Gasteiger partial charge on any atom is 0.250 e. The Morgan fingerprint density at radius 3 is 2.47 bits per heavy atom. The second-order valence-electron chi connectivity index (χ2n) is 7.35. The SMILES string of the molecule is CNCc1ccc(-c2cc(-c3cncc(-c4ccc(=O)n(C(C)C)c4)n3)on2)cc1. The van der Waals surface area contributed by atoms with Crippen molar-refractivity contribution in [1.82, 2.24) is 25.0 Å². The number of hydrogen-bond donors (Lipinski definition) is 1. The van der Waals surface area contributed by atoms with Crippen molar-refractivity contribution in [2.75, 3.05) is 7.05 Å². The molecule has 3 aromatic heterocycles. The van der Waals surface area contributed by atoms with Crippen molar-refractivity contribution in [1.29, 1.82) is 0 Å². The largest absolute Gasteiger partial charge is 0.354 e. The Labute approximate surface area is 174 Å². The van der Waals surface area contributed by atoms with Crippen molar-refractivity contribution in [3.63, 3.8) is 0 Å². The zero-order valence-corrected chi connectivity index (χ0v) is 17.2. The highest BCUT2D eigenvalue weighted by atomic mass is 16.5. The number of aromatic nitrogens is 4. The van der Waals surface area contributed by atoms with E-state index >= 15 is 0 Å². The van der Waals surface area contributed by atoms with Gasteiger partial charge in [0.25, 0.3) is 5.56 Å². The second kappa shape index (κ2) is 8.42. The first kappa shape index (κ1) is 19.7. The van der Waals surface area contributed by atoms with E-state index < -0.39 is 0 Å². The van der Waals surface area contributed by atoms with Crippen LogP contribution in [0.1, 0.15) is 25.5 Å². The lowest BCUT2D eigenvalue weighted by Gasteiger charge is -2.11. The van der Waals surface area contributed by atoms with Gasteiger partial charge in [-0.1, -0.05) is 29.4 Å². The Hall–Kier alpha value is -3.58. The average molecular weight is 401 g/mol. The highest BCUT2D eigenvalue weighted by molar-refractivity contribution is 5.66. The average Bonchev–Trinajstić information content (AvgIpc) is 3.25. The number of hydrogen-bond acceptors (Lipinski definition) is 6. The van der Waals surface area contributed by atoms with Gasteiger partial charge in [-0.15, -0.1) is 0 Å². The summed E-state index contributed by atoms with van der Waals surface area (Å²) < 4.78 is 7.21. The molecule has 0 saturated heterocycles. The summed E-state index contributed by atoms with van der Waals surface area (Å²) >= 11 is 0. The molecule has 3 heterocycles. The lowest BCUT2D eigenvalue weighted by molar-refractivity contribution is 0.433. The van der Waals surface area contributed by atoms with Gasteiger partial charge in [-0.2, -0.15) is 0 Å². The molecule has 1 aromatic carbocycles. The van der Waals surface area contributed by atoms with Crippen molar-refractivity contribution in [3.8, 4) is 34.0 Å². The van der Waals surface area contributed by atoms with Gasteiger partial charge in [0.1, 0.15) is 11.4 Å². The number of pyridine rings is 1. The van der Waals surface area contributed by atoms with Crippen LogP contribution in [0.5, 0.6) is 0 Å². The van der Waals surface area contributed by atoms with Crippen LogP contribution in [0.25, 0.3) is 34.0 Å². The third-order valence-corrected chi connectivity index (χ3v) is 4.82. The molecular formula is C23H23N5O2. The molecule has 0 amide bonds. The minimum Gasteiger partial charge on any atom is -0.354 e. The van der Waals surface area contributed by atoms with E-state index in [1.54, 1.807) is 35.3 Å². The summed E-state index contributed by atoms with van der Waals surface area (Å²) in [6.45, 7) is 4.75. The van der Waals surface area contributed by atoms with Gasteiger partial charge in [0.05, 0.1) is 18.1 Å². The molecule has 7 nitrogen and oxygen atoms in total. The summed E-state index contributed by atoms with van der Waals surface area (Å²) in [6.07, 6.45) is 5.12. The fourth-order valence-corrected chi connectivity index (χ4v) is 3.21. The van der Waals surface area contributed by atoms with E-state index in [0.717, 1.165) is 23.4 Å². The molecule has 0 spiro atoms. The Morgan fingerprint density at radius 1 is 1.00 bits per heavy atom. The van der Waals surface area contributed by atoms with Crippen LogP contribution in [-0.2, 0) is 6.54 Å². The van der Waals surface area contributed by atoms with Crippen molar-refractivity contribution < 1.29 is 4.52 Å². The minimum absolute atomic E-state index is 0.0431. The van der Waals surface area contributed by atoms with Gasteiger partial charge in [0.15, 0.2) is 5.76 Å². The van der Waals surface area contributed by atoms with E-state index in [2.05, 4.69) is 32.6 Å². The summed E-state index contributed by atoms with van der Waals surface area (Å²) in [7, 11) is 1.92. The van der Waals surface area contributed by atoms with Crippen LogP contribution in [-0.4, -0.2) is 26.7 Å². The van der Waals surface area contributed by atoms with Crippen LogP contribution < -0.4 is 10.9 Å². The molecule has 0 fully saturated rings. The normalized spacial score (nSPS) is 11.2. The summed E-state index contributed by atoms with van der Waals surface area (Å²) in [5.74, 6) is 0.538. The molecule has 4 rings (SSSR count). The minimum atomic E-state index is -0.0431. The first-order valence-corrected chi connectivity index (χ1v) is 9.81. The van der Waals surface area contributed by atoms with E-state index in [1.807, 2.05) is 39.1 Å². The van der Waals surface area contributed by atoms with Crippen LogP contribution in [0.2, 0.25) is 0 Å². The summed E-state index contributed by atoms with van der Waals surface area (Å²) in [6, 6.07) is 13.4. The number of rotatable bonds is 6. The van der Waals surface area contributed by atoms with Crippen LogP contribution in [0.15, 0.2) is 70.4 Å². The van der Waals surface area contributed by atoms with E-state index in [4.69, 9.17) is 4.52 Å². The first-order valence-electron chi connectivity index (χ1n) is 9.81. The molecule has 1 N–H and O–H groups in total. The predicted molar refractivity (Wildman–Crippen MR) is 116 cm³/mol. The molecule has 4 aromatic rings. The molecule has 30 heavy (non-hydrogen) atoms. The van der Waals surface area contributed by atoms with Crippen molar-refractivity contribution in [3.05, 3.63) is 77.0 Å². The smallest absolute Gasteiger partial charge is 0.250 e. The van der Waals surface area contributed by atoms with E-state index in [0.29, 0.717) is 17.1 Å². The van der Waals surface area contributed by atoms with Gasteiger partial charge >= 0.3 is 0 Å². The topological polar surface area (TPSA) is 85.8 Å². The summed E-state index contributed by atoms with van der Waals surface area (Å²) in [5, 5.41) is 7.32. The van der Waals surface area contributed by atoms with E-state index in [1.165, 1.54) is 5.56 Å². The molecule has 0 aliphatic carbocycles. The van der Waals surface area contributed by atoms with Gasteiger partial charge in [-0.3, -0.25) is 9.78 Å². The summed E-state index contributed by atoms with van der Waals surface area (Å²) in [4.78, 5) is 21.0. The van der Waals surface area contributed by atoms with Crippen molar-refractivity contribution in [2.45, 2.75) is 26.4 Å².